The number of aliphatic hydroxyl groups is 2. The highest BCUT2D eigenvalue weighted by Crippen LogP contribution is 2.29. The first-order chi connectivity index (χ1) is 30.9. The van der Waals surface area contributed by atoms with Crippen LogP contribution in [0.1, 0.15) is 11.1 Å². The van der Waals surface area contributed by atoms with Gasteiger partial charge in [-0.15, -0.1) is 19.9 Å². The largest absolute Gasteiger partial charge is 0.389 e. The lowest BCUT2D eigenvalue weighted by Crippen LogP contribution is -2.94. The summed E-state index contributed by atoms with van der Waals surface area (Å²) < 4.78 is 145. The summed E-state index contributed by atoms with van der Waals surface area (Å²) in [7, 11) is -15.8. The Morgan fingerprint density at radius 1 is 0.591 bits per heavy atom. The highest BCUT2D eigenvalue weighted by Gasteiger charge is 2.62. The molecule has 2 aromatic carbocycles. The van der Waals surface area contributed by atoms with Crippen LogP contribution in [0.5, 0.6) is 0 Å². The van der Waals surface area contributed by atoms with Crippen molar-refractivity contribution < 1.29 is 81.4 Å². The van der Waals surface area contributed by atoms with E-state index in [1.807, 2.05) is 0 Å². The zero-order valence-corrected chi connectivity index (χ0v) is 38.0. The van der Waals surface area contributed by atoms with Gasteiger partial charge in [0.1, 0.15) is 49.3 Å². The molecule has 4 heterocycles. The summed E-state index contributed by atoms with van der Waals surface area (Å²) in [5, 5.41) is 31.0. The lowest BCUT2D eigenvalue weighted by molar-refractivity contribution is -0.725. The van der Waals surface area contributed by atoms with Crippen LogP contribution >= 0.6 is 0 Å². The molecule has 28 nitrogen and oxygen atoms in total. The van der Waals surface area contributed by atoms with E-state index in [1.54, 1.807) is 0 Å². The van der Waals surface area contributed by atoms with Crippen LogP contribution in [0.3, 0.4) is 0 Å². The van der Waals surface area contributed by atoms with Gasteiger partial charge in [-0.05, 0) is 35.4 Å². The fourth-order valence-electron chi connectivity index (χ4n) is 6.70. The SMILES string of the molecule is COCC1(CO)C[NH+]1c1nc(NCCS(=O)(=O)O)nc(Nc2ccc(C=Cc3ccc(Nc4nc(NCCS(=O)(=O)O)nc([NH+]5CC5(CO)COC)n4)cc3S(=O)(=O)O)c(S(=O)(=O)O)c2)n1. The number of nitrogens with one attached hydrogen (secondary N) is 6. The van der Waals surface area contributed by atoms with Crippen LogP contribution in [0.25, 0.3) is 12.2 Å². The molecule has 6 rings (SSSR count). The quantitative estimate of drug-likeness (QED) is 0.0185. The van der Waals surface area contributed by atoms with Gasteiger partial charge in [-0.25, -0.2) is 9.80 Å². The molecule has 2 aliphatic rings. The van der Waals surface area contributed by atoms with Crippen molar-refractivity contribution >= 4 is 99.7 Å². The minimum atomic E-state index is -4.99. The predicted molar refractivity (Wildman–Crippen MR) is 232 cm³/mol. The minimum Gasteiger partial charge on any atom is -0.389 e. The molecule has 2 saturated heterocycles. The van der Waals surface area contributed by atoms with Crippen molar-refractivity contribution in [1.29, 1.82) is 0 Å². The van der Waals surface area contributed by atoms with Gasteiger partial charge >= 0.3 is 11.9 Å². The third-order valence-electron chi connectivity index (χ3n) is 10.1. The van der Waals surface area contributed by atoms with Gasteiger partial charge in [0.25, 0.3) is 40.5 Å². The van der Waals surface area contributed by atoms with Crippen molar-refractivity contribution in [2.24, 2.45) is 0 Å². The number of aromatic nitrogens is 6. The van der Waals surface area contributed by atoms with Crippen LogP contribution in [0.4, 0.5) is 47.1 Å². The summed E-state index contributed by atoms with van der Waals surface area (Å²) in [6.45, 7) is -0.256. The average Bonchev–Trinajstić information content (AvgIpc) is 4.14. The van der Waals surface area contributed by atoms with E-state index in [0.29, 0.717) is 22.9 Å². The highest BCUT2D eigenvalue weighted by atomic mass is 32.2. The van der Waals surface area contributed by atoms with Gasteiger partial charge in [-0.2, -0.15) is 43.6 Å². The van der Waals surface area contributed by atoms with Crippen molar-refractivity contribution in [3.8, 4) is 0 Å². The Balaban J connectivity index is 1.28. The van der Waals surface area contributed by atoms with Gasteiger partial charge in [0.15, 0.2) is 0 Å². The Morgan fingerprint density at radius 2 is 0.955 bits per heavy atom. The number of nitrogens with zero attached hydrogens (tertiary/aromatic N) is 6. The van der Waals surface area contributed by atoms with Crippen LogP contribution in [-0.4, -0.2) is 181 Å². The molecule has 360 valence electrons. The first kappa shape index (κ1) is 50.2. The summed E-state index contributed by atoms with van der Waals surface area (Å²) in [4.78, 5) is 25.5. The van der Waals surface area contributed by atoms with E-state index in [2.05, 4.69) is 51.2 Å². The molecule has 32 heteroatoms. The molecule has 4 aromatic rings. The standard InChI is InChI=1S/C34H44N12O16S4/c1-61-19-33(17-47)15-45(33)31-41-27(35-9-11-63(49,50)51)39-29(43-31)37-23-7-5-21(25(13-23)65(55,56)57)3-4-22-6-8-24(14-26(22)66(58,59)60)38-30-40-28(36-10-12-64(52,53)54)42-32(44-30)46-16-34(46,18-48)20-62-2/h3-8,13-14,47-48H,9-12,15-20H2,1-2H3,(H,49,50,51)(H,52,53,54)(H,55,56,57)(H,58,59,60)(H2,35,37,39,41,43)(H2,36,38,40,42,44)/p+2. The second kappa shape index (κ2) is 19.6. The molecule has 0 aliphatic carbocycles. The first-order valence-electron chi connectivity index (χ1n) is 19.2. The summed E-state index contributed by atoms with van der Waals surface area (Å²) in [5.41, 5.74) is -1.84. The van der Waals surface area contributed by atoms with Gasteiger partial charge in [-0.3, -0.25) is 18.2 Å². The maximum absolute atomic E-state index is 12.7. The van der Waals surface area contributed by atoms with E-state index >= 15 is 0 Å². The molecular weight excluding hydrogens is 961 g/mol. The molecule has 2 aromatic heterocycles. The second-order valence-corrected chi connectivity index (χ2v) is 21.1. The number of quaternary nitrogens is 2. The first-order valence-corrected chi connectivity index (χ1v) is 25.3. The minimum absolute atomic E-state index is 0.0140. The van der Waals surface area contributed by atoms with Crippen molar-refractivity contribution in [1.82, 2.24) is 29.9 Å². The maximum Gasteiger partial charge on any atom is 0.334 e. The van der Waals surface area contributed by atoms with E-state index in [1.165, 1.54) is 38.5 Å². The smallest absolute Gasteiger partial charge is 0.334 e. The van der Waals surface area contributed by atoms with Crippen LogP contribution in [-0.2, 0) is 49.9 Å². The van der Waals surface area contributed by atoms with E-state index in [9.17, 15) is 53.0 Å². The number of benzene rings is 2. The Labute approximate surface area is 377 Å². The van der Waals surface area contributed by atoms with Gasteiger partial charge in [0.2, 0.25) is 34.9 Å². The van der Waals surface area contributed by atoms with E-state index < -0.39 is 72.8 Å². The molecule has 66 heavy (non-hydrogen) atoms. The zero-order chi connectivity index (χ0) is 48.3. The van der Waals surface area contributed by atoms with Crippen molar-refractivity contribution in [3.05, 3.63) is 47.5 Å². The maximum atomic E-state index is 12.7. The summed E-state index contributed by atoms with van der Waals surface area (Å²) in [5.74, 6) is -1.83. The molecule has 4 atom stereocenters. The molecule has 0 amide bonds. The van der Waals surface area contributed by atoms with Crippen LogP contribution in [0.15, 0.2) is 46.2 Å². The predicted octanol–water partition coefficient (Wildman–Crippen LogP) is -3.38. The lowest BCUT2D eigenvalue weighted by atomic mass is 10.1. The third kappa shape index (κ3) is 12.8. The van der Waals surface area contributed by atoms with Gasteiger partial charge in [0.05, 0.1) is 11.5 Å². The molecule has 2 fully saturated rings. The Kier molecular flexibility index (Phi) is 14.9. The number of hydrogen-bond acceptors (Lipinski definition) is 22. The number of ether oxygens (including phenoxy) is 2. The Morgan fingerprint density at radius 3 is 1.27 bits per heavy atom. The number of hydrogen-bond donors (Lipinski definition) is 12. The second-order valence-electron chi connectivity index (χ2n) is 15.1. The number of methoxy groups -OCH3 is 2. The van der Waals surface area contributed by atoms with E-state index in [4.69, 9.17) is 18.6 Å². The molecular formula is C34H46N12O16S4+2. The summed E-state index contributed by atoms with van der Waals surface area (Å²) >= 11 is 0. The topological polar surface area (TPSA) is 411 Å². The number of aliphatic hydroxyl groups excluding tert-OH is 2. The normalized spacial score (nSPS) is 20.8. The van der Waals surface area contributed by atoms with Crippen molar-refractivity contribution in [2.75, 3.05) is 99.6 Å². The third-order valence-corrected chi connectivity index (χ3v) is 13.4. The highest BCUT2D eigenvalue weighted by molar-refractivity contribution is 7.86. The fraction of sp³-hybridized carbons (Fsp3) is 0.412. The summed E-state index contributed by atoms with van der Waals surface area (Å²) in [6.07, 6.45) is 2.30. The molecule has 0 bridgehead atoms. The Bertz CT molecular complexity index is 2760. The lowest BCUT2D eigenvalue weighted by Gasteiger charge is -2.13. The van der Waals surface area contributed by atoms with Crippen LogP contribution in [0, 0.1) is 0 Å². The van der Waals surface area contributed by atoms with Gasteiger partial charge in [-0.1, -0.05) is 24.3 Å². The van der Waals surface area contributed by atoms with Crippen LogP contribution in [0.2, 0.25) is 0 Å². The number of anilines is 6. The Hall–Kier alpha value is -5.20. The van der Waals surface area contributed by atoms with E-state index in [-0.39, 0.29) is 97.7 Å². The fourth-order valence-corrected chi connectivity index (χ4v) is 8.84. The molecule has 12 N–H and O–H groups in total. The monoisotopic (exact) mass is 1010 g/mol. The van der Waals surface area contributed by atoms with Crippen molar-refractivity contribution in [2.45, 2.75) is 20.9 Å². The van der Waals surface area contributed by atoms with Gasteiger partial charge in [0, 0.05) is 38.7 Å². The average molecular weight is 1010 g/mol. The zero-order valence-electron chi connectivity index (χ0n) is 34.8. The van der Waals surface area contributed by atoms with Crippen molar-refractivity contribution in [3.63, 3.8) is 0 Å². The van der Waals surface area contributed by atoms with E-state index in [0.717, 1.165) is 24.3 Å². The van der Waals surface area contributed by atoms with Gasteiger partial charge < -0.3 is 41.0 Å². The molecule has 2 aliphatic heterocycles. The van der Waals surface area contributed by atoms with Crippen LogP contribution < -0.4 is 31.1 Å². The molecule has 4 unspecified atom stereocenters. The number of rotatable bonds is 24. The molecule has 0 saturated carbocycles. The molecule has 0 spiro atoms. The molecule has 0 radical (unpaired) electrons. The summed E-state index contributed by atoms with van der Waals surface area (Å²) in [6, 6.07) is 7.26.